The predicted octanol–water partition coefficient (Wildman–Crippen LogP) is 2.07. The van der Waals surface area contributed by atoms with Crippen LogP contribution in [0.3, 0.4) is 0 Å². The van der Waals surface area contributed by atoms with E-state index in [0.29, 0.717) is 5.56 Å². The first-order chi connectivity index (χ1) is 8.41. The number of anilines is 1. The number of nitrogens with one attached hydrogen (secondary N) is 1. The number of methoxy groups -OCH3 is 1. The highest BCUT2D eigenvalue weighted by atomic mass is 16.5. The molecule has 0 saturated heterocycles. The lowest BCUT2D eigenvalue weighted by Gasteiger charge is -2.25. The third kappa shape index (κ3) is 3.47. The number of nitriles is 1. The molecule has 0 aliphatic heterocycles. The molecule has 0 fully saturated rings. The SMILES string of the molecule is COCCC(C)(C)CNc1c(C#N)c(C)nn1C. The number of aryl methyl sites for hydroxylation is 2. The maximum Gasteiger partial charge on any atom is 0.142 e. The van der Waals surface area contributed by atoms with Gasteiger partial charge in [0, 0.05) is 27.3 Å². The van der Waals surface area contributed by atoms with Crippen molar-refractivity contribution < 1.29 is 4.74 Å². The Labute approximate surface area is 109 Å². The van der Waals surface area contributed by atoms with Gasteiger partial charge < -0.3 is 10.1 Å². The number of aromatic nitrogens is 2. The zero-order chi connectivity index (χ0) is 13.8. The van der Waals surface area contributed by atoms with Crippen molar-refractivity contribution in [3.63, 3.8) is 0 Å². The average Bonchev–Trinajstić information content (AvgIpc) is 2.58. The lowest BCUT2D eigenvalue weighted by atomic mass is 9.89. The molecule has 0 bridgehead atoms. The molecule has 0 aliphatic carbocycles. The minimum absolute atomic E-state index is 0.112. The van der Waals surface area contributed by atoms with Crippen LogP contribution >= 0.6 is 0 Å². The molecule has 1 rings (SSSR count). The molecule has 0 radical (unpaired) electrons. The Morgan fingerprint density at radius 2 is 2.17 bits per heavy atom. The Morgan fingerprint density at radius 3 is 2.72 bits per heavy atom. The Kier molecular flexibility index (Phi) is 4.74. The largest absolute Gasteiger partial charge is 0.385 e. The molecule has 0 unspecified atom stereocenters. The molecule has 1 aromatic heterocycles. The van der Waals surface area contributed by atoms with Crippen LogP contribution in [0, 0.1) is 23.7 Å². The molecule has 0 amide bonds. The van der Waals surface area contributed by atoms with E-state index in [-0.39, 0.29) is 5.41 Å². The van der Waals surface area contributed by atoms with Crippen molar-refractivity contribution in [3.8, 4) is 6.07 Å². The van der Waals surface area contributed by atoms with Crippen LogP contribution in [0.1, 0.15) is 31.5 Å². The summed E-state index contributed by atoms with van der Waals surface area (Å²) in [5, 5.41) is 16.7. The van der Waals surface area contributed by atoms with E-state index in [0.717, 1.165) is 31.1 Å². The molecular weight excluding hydrogens is 228 g/mol. The number of nitrogens with zero attached hydrogens (tertiary/aromatic N) is 3. The number of hydrogen-bond donors (Lipinski definition) is 1. The van der Waals surface area contributed by atoms with Gasteiger partial charge in [-0.25, -0.2) is 0 Å². The molecular formula is C13H22N4O. The molecule has 5 nitrogen and oxygen atoms in total. The van der Waals surface area contributed by atoms with Crippen molar-refractivity contribution in [2.45, 2.75) is 27.2 Å². The summed E-state index contributed by atoms with van der Waals surface area (Å²) in [6, 6.07) is 2.19. The van der Waals surface area contributed by atoms with Gasteiger partial charge in [-0.3, -0.25) is 4.68 Å². The van der Waals surface area contributed by atoms with E-state index in [9.17, 15) is 0 Å². The first-order valence-corrected chi connectivity index (χ1v) is 6.08. The van der Waals surface area contributed by atoms with E-state index in [1.54, 1.807) is 11.8 Å². The highest BCUT2D eigenvalue weighted by molar-refractivity contribution is 5.55. The monoisotopic (exact) mass is 250 g/mol. The van der Waals surface area contributed by atoms with Gasteiger partial charge in [0.1, 0.15) is 17.5 Å². The second-order valence-electron chi connectivity index (χ2n) is 5.30. The van der Waals surface area contributed by atoms with Crippen molar-refractivity contribution in [1.82, 2.24) is 9.78 Å². The third-order valence-corrected chi connectivity index (χ3v) is 3.05. The zero-order valence-corrected chi connectivity index (χ0v) is 11.9. The highest BCUT2D eigenvalue weighted by Crippen LogP contribution is 2.23. The fourth-order valence-corrected chi connectivity index (χ4v) is 1.78. The minimum atomic E-state index is 0.112. The van der Waals surface area contributed by atoms with E-state index in [2.05, 4.69) is 30.3 Å². The number of ether oxygens (including phenoxy) is 1. The maximum absolute atomic E-state index is 9.12. The second-order valence-corrected chi connectivity index (χ2v) is 5.30. The van der Waals surface area contributed by atoms with Gasteiger partial charge in [-0.2, -0.15) is 10.4 Å². The first-order valence-electron chi connectivity index (χ1n) is 6.08. The number of rotatable bonds is 6. The highest BCUT2D eigenvalue weighted by Gasteiger charge is 2.20. The molecule has 1 heterocycles. The summed E-state index contributed by atoms with van der Waals surface area (Å²) in [6.07, 6.45) is 0.967. The Morgan fingerprint density at radius 1 is 1.50 bits per heavy atom. The summed E-state index contributed by atoms with van der Waals surface area (Å²) in [5.74, 6) is 0.792. The fraction of sp³-hybridized carbons (Fsp3) is 0.692. The van der Waals surface area contributed by atoms with E-state index in [4.69, 9.17) is 10.00 Å². The summed E-state index contributed by atoms with van der Waals surface area (Å²) < 4.78 is 6.83. The van der Waals surface area contributed by atoms with E-state index >= 15 is 0 Å². The van der Waals surface area contributed by atoms with Crippen molar-refractivity contribution in [2.75, 3.05) is 25.6 Å². The molecule has 0 aliphatic rings. The van der Waals surface area contributed by atoms with Crippen molar-refractivity contribution in [2.24, 2.45) is 12.5 Å². The Bertz CT molecular complexity index is 443. The second kappa shape index (κ2) is 5.87. The Balaban J connectivity index is 2.72. The van der Waals surface area contributed by atoms with Gasteiger partial charge in [-0.05, 0) is 18.8 Å². The Hall–Kier alpha value is -1.54. The molecule has 0 atom stereocenters. The van der Waals surface area contributed by atoms with Crippen molar-refractivity contribution in [1.29, 1.82) is 5.26 Å². The van der Waals surface area contributed by atoms with Gasteiger partial charge >= 0.3 is 0 Å². The van der Waals surface area contributed by atoms with Gasteiger partial charge in [0.2, 0.25) is 0 Å². The quantitative estimate of drug-likeness (QED) is 0.839. The topological polar surface area (TPSA) is 62.9 Å². The maximum atomic E-state index is 9.12. The van der Waals surface area contributed by atoms with Crippen molar-refractivity contribution in [3.05, 3.63) is 11.3 Å². The smallest absolute Gasteiger partial charge is 0.142 e. The van der Waals surface area contributed by atoms with Gasteiger partial charge in [0.25, 0.3) is 0 Å². The van der Waals surface area contributed by atoms with Crippen LogP contribution in [0.15, 0.2) is 0 Å². The van der Waals surface area contributed by atoms with Gasteiger partial charge in [0.05, 0.1) is 5.69 Å². The molecule has 0 saturated carbocycles. The van der Waals surface area contributed by atoms with Crippen LogP contribution in [0.5, 0.6) is 0 Å². The summed E-state index contributed by atoms with van der Waals surface area (Å²) in [6.45, 7) is 7.72. The first kappa shape index (κ1) is 14.5. The van der Waals surface area contributed by atoms with Crippen LogP contribution in [-0.4, -0.2) is 30.0 Å². The van der Waals surface area contributed by atoms with Crippen molar-refractivity contribution >= 4 is 5.82 Å². The van der Waals surface area contributed by atoms with Crippen LogP contribution in [-0.2, 0) is 11.8 Å². The van der Waals surface area contributed by atoms with E-state index in [1.807, 2.05) is 14.0 Å². The average molecular weight is 250 g/mol. The van der Waals surface area contributed by atoms with Gasteiger partial charge in [-0.15, -0.1) is 0 Å². The normalized spacial score (nSPS) is 11.3. The van der Waals surface area contributed by atoms with Gasteiger partial charge in [0.15, 0.2) is 0 Å². The molecule has 5 heteroatoms. The van der Waals surface area contributed by atoms with Gasteiger partial charge in [-0.1, -0.05) is 13.8 Å². The minimum Gasteiger partial charge on any atom is -0.385 e. The van der Waals surface area contributed by atoms with Crippen LogP contribution in [0.4, 0.5) is 5.82 Å². The predicted molar refractivity (Wildman–Crippen MR) is 71.4 cm³/mol. The number of hydrogen-bond acceptors (Lipinski definition) is 4. The third-order valence-electron chi connectivity index (χ3n) is 3.05. The lowest BCUT2D eigenvalue weighted by Crippen LogP contribution is -2.25. The summed E-state index contributed by atoms with van der Waals surface area (Å²) in [5.41, 5.74) is 1.50. The summed E-state index contributed by atoms with van der Waals surface area (Å²) in [4.78, 5) is 0. The molecule has 1 aromatic rings. The summed E-state index contributed by atoms with van der Waals surface area (Å²) in [7, 11) is 3.56. The van der Waals surface area contributed by atoms with Crippen LogP contribution in [0.25, 0.3) is 0 Å². The molecule has 18 heavy (non-hydrogen) atoms. The summed E-state index contributed by atoms with van der Waals surface area (Å²) >= 11 is 0. The standard InChI is InChI=1S/C13H22N4O/c1-10-11(8-14)12(17(4)16-10)15-9-13(2,3)6-7-18-5/h15H,6-7,9H2,1-5H3. The van der Waals surface area contributed by atoms with E-state index < -0.39 is 0 Å². The molecule has 1 N–H and O–H groups in total. The lowest BCUT2D eigenvalue weighted by molar-refractivity contribution is 0.157. The zero-order valence-electron chi connectivity index (χ0n) is 11.9. The molecule has 0 spiro atoms. The van der Waals surface area contributed by atoms with Crippen LogP contribution < -0.4 is 5.32 Å². The fourth-order valence-electron chi connectivity index (χ4n) is 1.78. The van der Waals surface area contributed by atoms with E-state index in [1.165, 1.54) is 0 Å². The van der Waals surface area contributed by atoms with Crippen LogP contribution in [0.2, 0.25) is 0 Å². The molecule has 0 aromatic carbocycles. The molecule has 100 valence electrons.